The van der Waals surface area contributed by atoms with Gasteiger partial charge in [0.15, 0.2) is 15.8 Å². The topological polar surface area (TPSA) is 102 Å². The lowest BCUT2D eigenvalue weighted by Gasteiger charge is -2.02. The molecule has 0 saturated carbocycles. The molecule has 3 aromatic heterocycles. The first-order valence-electron chi connectivity index (χ1n) is 7.83. The highest BCUT2D eigenvalue weighted by Crippen LogP contribution is 2.23. The smallest absolute Gasteiger partial charge is 0.337 e. The first kappa shape index (κ1) is 19.2. The summed E-state index contributed by atoms with van der Waals surface area (Å²) in [6, 6.07) is 4.97. The average molecular weight is 403 g/mol. The molecule has 3 rings (SSSR count). The Morgan fingerprint density at radius 1 is 1.41 bits per heavy atom. The van der Waals surface area contributed by atoms with Crippen LogP contribution in [-0.4, -0.2) is 44.0 Å². The van der Waals surface area contributed by atoms with E-state index in [1.165, 1.54) is 35.4 Å². The van der Waals surface area contributed by atoms with Gasteiger partial charge in [-0.15, -0.1) is 0 Å². The van der Waals surface area contributed by atoms with Crippen molar-refractivity contribution in [3.05, 3.63) is 46.7 Å². The Kier molecular flexibility index (Phi) is 5.99. The third-order valence-corrected chi connectivity index (χ3v) is 5.05. The molecule has 0 amide bonds. The highest BCUT2D eigenvalue weighted by molar-refractivity contribution is 7.98. The summed E-state index contributed by atoms with van der Waals surface area (Å²) < 4.78 is 7.10. The maximum absolute atomic E-state index is 10.9. The van der Waals surface area contributed by atoms with Crippen molar-refractivity contribution in [3.63, 3.8) is 0 Å². The molecule has 3 heterocycles. The summed E-state index contributed by atoms with van der Waals surface area (Å²) in [5, 5.41) is 9.68. The van der Waals surface area contributed by atoms with Gasteiger partial charge >= 0.3 is 5.97 Å². The maximum atomic E-state index is 10.9. The monoisotopic (exact) mass is 403 g/mol. The first-order chi connectivity index (χ1) is 13.0. The van der Waals surface area contributed by atoms with Crippen LogP contribution in [0.1, 0.15) is 16.1 Å². The van der Waals surface area contributed by atoms with Gasteiger partial charge in [-0.3, -0.25) is 4.57 Å². The number of rotatable bonds is 6. The van der Waals surface area contributed by atoms with Crippen molar-refractivity contribution in [1.29, 1.82) is 0 Å². The lowest BCUT2D eigenvalue weighted by Crippen LogP contribution is -2.14. The van der Waals surface area contributed by atoms with Crippen molar-refractivity contribution in [2.45, 2.75) is 18.8 Å². The Morgan fingerprint density at radius 3 is 2.85 bits per heavy atom. The Bertz CT molecular complexity index is 1030. The molecule has 10 heteroatoms. The number of aromatic carboxylic acids is 1. The molecule has 0 saturated heterocycles. The first-order valence-corrected chi connectivity index (χ1v) is 9.87. The minimum Gasteiger partial charge on any atom is -0.478 e. The van der Waals surface area contributed by atoms with E-state index in [0.29, 0.717) is 22.5 Å². The van der Waals surface area contributed by atoms with Crippen molar-refractivity contribution >= 4 is 34.9 Å². The number of thiazole rings is 1. The van der Waals surface area contributed by atoms with Gasteiger partial charge in [-0.1, -0.05) is 23.1 Å². The van der Waals surface area contributed by atoms with E-state index in [2.05, 4.69) is 19.9 Å². The minimum atomic E-state index is -1.02. The molecule has 0 unspecified atom stereocenters. The summed E-state index contributed by atoms with van der Waals surface area (Å²) in [6.07, 6.45) is 5.14. The predicted molar refractivity (Wildman–Crippen MR) is 103 cm³/mol. The van der Waals surface area contributed by atoms with E-state index in [4.69, 9.17) is 9.84 Å². The molecule has 8 nitrogen and oxygen atoms in total. The fourth-order valence-electron chi connectivity index (χ4n) is 2.25. The number of aryl methyl sites for hydroxylation is 1. The number of pyridine rings is 1. The molecule has 0 fully saturated rings. The fraction of sp³-hybridized carbons (Fsp3) is 0.235. The van der Waals surface area contributed by atoms with Crippen molar-refractivity contribution < 1.29 is 14.6 Å². The summed E-state index contributed by atoms with van der Waals surface area (Å²) in [5.41, 5.74) is 1.82. The fourth-order valence-corrected chi connectivity index (χ4v) is 3.63. The van der Waals surface area contributed by atoms with Crippen molar-refractivity contribution in [3.8, 4) is 10.6 Å². The third kappa shape index (κ3) is 4.59. The van der Waals surface area contributed by atoms with E-state index in [9.17, 15) is 4.79 Å². The van der Waals surface area contributed by atoms with Crippen LogP contribution < -0.4 is 4.80 Å². The third-order valence-electron chi connectivity index (χ3n) is 3.46. The second kappa shape index (κ2) is 8.42. The van der Waals surface area contributed by atoms with Gasteiger partial charge in [-0.25, -0.2) is 24.7 Å². The van der Waals surface area contributed by atoms with Gasteiger partial charge < -0.3 is 9.84 Å². The van der Waals surface area contributed by atoms with E-state index in [0.717, 1.165) is 16.3 Å². The molecule has 0 aliphatic rings. The molecule has 3 aromatic rings. The molecular weight excluding hydrogens is 386 g/mol. The van der Waals surface area contributed by atoms with Crippen molar-refractivity contribution in [1.82, 2.24) is 19.5 Å². The van der Waals surface area contributed by atoms with Gasteiger partial charge in [0, 0.05) is 25.2 Å². The highest BCUT2D eigenvalue weighted by Gasteiger charge is 2.10. The Hall–Kier alpha value is -2.56. The zero-order valence-corrected chi connectivity index (χ0v) is 16.5. The van der Waals surface area contributed by atoms with Crippen LogP contribution in [0.3, 0.4) is 0 Å². The van der Waals surface area contributed by atoms with Gasteiger partial charge in [-0.05, 0) is 31.4 Å². The standard InChI is InChI=1S/C17H17N5O3S2/c1-10-6-12(20-16(19-10)26-3)13-8-22(9-25-2)17(27-13)21-14-5-4-11(7-18-14)15(23)24/h4-8H,9H2,1-3H3,(H,23,24)/b21-17-. The minimum absolute atomic E-state index is 0.117. The molecule has 0 aliphatic carbocycles. The van der Waals surface area contributed by atoms with Crippen LogP contribution in [-0.2, 0) is 11.5 Å². The van der Waals surface area contributed by atoms with Crippen LogP contribution in [0.25, 0.3) is 10.6 Å². The number of thioether (sulfide) groups is 1. The molecule has 0 radical (unpaired) electrons. The van der Waals surface area contributed by atoms with Gasteiger partial charge in [-0.2, -0.15) is 0 Å². The normalized spacial score (nSPS) is 11.7. The number of carboxylic acid groups (broad SMARTS) is 1. The van der Waals surface area contributed by atoms with Crippen LogP contribution in [0.5, 0.6) is 0 Å². The van der Waals surface area contributed by atoms with E-state index >= 15 is 0 Å². The number of carbonyl (C=O) groups is 1. The Balaban J connectivity index is 2.05. The lowest BCUT2D eigenvalue weighted by atomic mass is 10.3. The summed E-state index contributed by atoms with van der Waals surface area (Å²) in [7, 11) is 1.61. The zero-order valence-electron chi connectivity index (χ0n) is 14.9. The molecule has 0 aliphatic heterocycles. The van der Waals surface area contributed by atoms with Crippen LogP contribution in [0.2, 0.25) is 0 Å². The lowest BCUT2D eigenvalue weighted by molar-refractivity contribution is 0.0696. The number of carboxylic acids is 1. The summed E-state index contributed by atoms with van der Waals surface area (Å²) in [4.78, 5) is 30.1. The Morgan fingerprint density at radius 2 is 2.22 bits per heavy atom. The zero-order chi connectivity index (χ0) is 19.4. The van der Waals surface area contributed by atoms with E-state index in [1.54, 1.807) is 13.2 Å². The Labute approximate surface area is 163 Å². The quantitative estimate of drug-likeness (QED) is 0.498. The van der Waals surface area contributed by atoms with Crippen LogP contribution in [0.15, 0.2) is 40.7 Å². The summed E-state index contributed by atoms with van der Waals surface area (Å²) >= 11 is 2.94. The van der Waals surface area contributed by atoms with Crippen LogP contribution >= 0.6 is 23.1 Å². The number of hydrogen-bond donors (Lipinski definition) is 1. The summed E-state index contributed by atoms with van der Waals surface area (Å²) in [5.74, 6) is -0.604. The van der Waals surface area contributed by atoms with Crippen molar-refractivity contribution in [2.75, 3.05) is 13.4 Å². The SMILES string of the molecule is COCn1cc(-c2cc(C)nc(SC)n2)s/c1=N\c1ccc(C(=O)O)cn1. The molecule has 0 spiro atoms. The highest BCUT2D eigenvalue weighted by atomic mass is 32.2. The van der Waals surface area contributed by atoms with Gasteiger partial charge in [0.05, 0.1) is 16.1 Å². The maximum Gasteiger partial charge on any atom is 0.337 e. The van der Waals surface area contributed by atoms with Gasteiger partial charge in [0.1, 0.15) is 6.73 Å². The van der Waals surface area contributed by atoms with E-state index < -0.39 is 5.97 Å². The molecule has 0 aromatic carbocycles. The van der Waals surface area contributed by atoms with Gasteiger partial charge in [0.25, 0.3) is 0 Å². The van der Waals surface area contributed by atoms with Crippen LogP contribution in [0.4, 0.5) is 5.82 Å². The second-order valence-electron chi connectivity index (χ2n) is 5.47. The second-order valence-corrected chi connectivity index (χ2v) is 7.25. The largest absolute Gasteiger partial charge is 0.478 e. The number of aromatic nitrogens is 4. The van der Waals surface area contributed by atoms with E-state index in [1.807, 2.05) is 30.0 Å². The van der Waals surface area contributed by atoms with Gasteiger partial charge in [0.2, 0.25) is 0 Å². The van der Waals surface area contributed by atoms with Crippen molar-refractivity contribution in [2.24, 2.45) is 4.99 Å². The summed E-state index contributed by atoms with van der Waals surface area (Å²) in [6.45, 7) is 2.25. The number of ether oxygens (including phenoxy) is 1. The average Bonchev–Trinajstić information content (AvgIpc) is 3.04. The molecule has 1 N–H and O–H groups in total. The number of methoxy groups -OCH3 is 1. The molecule has 27 heavy (non-hydrogen) atoms. The number of hydrogen-bond acceptors (Lipinski definition) is 8. The van der Waals surface area contributed by atoms with E-state index in [-0.39, 0.29) is 5.56 Å². The van der Waals surface area contributed by atoms with Crippen LogP contribution in [0, 0.1) is 6.92 Å². The molecule has 140 valence electrons. The molecule has 0 bridgehead atoms. The predicted octanol–water partition coefficient (Wildman–Crippen LogP) is 2.97. The number of nitrogens with zero attached hydrogens (tertiary/aromatic N) is 5. The molecular formula is C17H17N5O3S2. The molecule has 0 atom stereocenters.